The quantitative estimate of drug-likeness (QED) is 0.179. The second-order valence-corrected chi connectivity index (χ2v) is 10.7. The number of benzene rings is 2. The summed E-state index contributed by atoms with van der Waals surface area (Å²) < 4.78 is 39.4. The summed E-state index contributed by atoms with van der Waals surface area (Å²) in [4.78, 5) is 44.1. The van der Waals surface area contributed by atoms with E-state index in [0.29, 0.717) is 21.9 Å². The Bertz CT molecular complexity index is 1410. The summed E-state index contributed by atoms with van der Waals surface area (Å²) in [5.74, 6) is -0.317. The lowest BCUT2D eigenvalue weighted by Crippen LogP contribution is -2.47. The van der Waals surface area contributed by atoms with Gasteiger partial charge in [-0.05, 0) is 30.2 Å². The maximum atomic E-state index is 13.7. The summed E-state index contributed by atoms with van der Waals surface area (Å²) in [6.07, 6.45) is -2.73. The van der Waals surface area contributed by atoms with Crippen LogP contribution in [0.25, 0.3) is 11.3 Å². The summed E-state index contributed by atoms with van der Waals surface area (Å²) in [6.45, 7) is -1.35. The van der Waals surface area contributed by atoms with Gasteiger partial charge in [-0.2, -0.15) is 0 Å². The molecule has 0 bridgehead atoms. The van der Waals surface area contributed by atoms with Crippen LogP contribution in [0.5, 0.6) is 0 Å². The SMILES string of the molecule is CN(C(=O)NCc1cccc(F)c1Cl)[C@H](COC(=O)Nc1cc(-c2cccc(Cl)c2)on1)C[C@H](O)COP(=O)(O)O. The molecule has 3 aromatic rings. The minimum absolute atomic E-state index is 0.0228. The first kappa shape index (κ1) is 32.3. The Hall–Kier alpha value is -3.23. The molecule has 0 radical (unpaired) electrons. The van der Waals surface area contributed by atoms with Crippen molar-refractivity contribution in [1.82, 2.24) is 15.4 Å². The Kier molecular flexibility index (Phi) is 11.5. The zero-order chi connectivity index (χ0) is 30.2. The van der Waals surface area contributed by atoms with Crippen LogP contribution in [0.15, 0.2) is 53.1 Å². The van der Waals surface area contributed by atoms with Crippen LogP contribution in [0.3, 0.4) is 0 Å². The predicted molar refractivity (Wildman–Crippen MR) is 146 cm³/mol. The molecule has 0 fully saturated rings. The lowest BCUT2D eigenvalue weighted by atomic mass is 10.1. The number of likely N-dealkylation sites (N-methyl/N-ethyl adjacent to an activating group) is 1. The van der Waals surface area contributed by atoms with Crippen molar-refractivity contribution >= 4 is 49.0 Å². The van der Waals surface area contributed by atoms with Gasteiger partial charge in [-0.25, -0.2) is 18.5 Å². The van der Waals surface area contributed by atoms with Crippen LogP contribution in [-0.4, -0.2) is 69.5 Å². The number of carbonyl (C=O) groups excluding carboxylic acids is 2. The van der Waals surface area contributed by atoms with E-state index in [4.69, 9.17) is 42.2 Å². The van der Waals surface area contributed by atoms with Crippen molar-refractivity contribution < 1.29 is 47.2 Å². The number of nitrogens with one attached hydrogen (secondary N) is 2. The van der Waals surface area contributed by atoms with E-state index in [1.54, 1.807) is 24.3 Å². The smallest absolute Gasteiger partial charge is 0.447 e. The van der Waals surface area contributed by atoms with Crippen LogP contribution >= 0.6 is 31.0 Å². The van der Waals surface area contributed by atoms with Crippen molar-refractivity contribution in [3.05, 3.63) is 70.0 Å². The third kappa shape index (κ3) is 10.3. The third-order valence-electron chi connectivity index (χ3n) is 5.57. The number of halogens is 3. The van der Waals surface area contributed by atoms with E-state index in [9.17, 15) is 23.7 Å². The van der Waals surface area contributed by atoms with Gasteiger partial charge >= 0.3 is 19.9 Å². The molecule has 3 amide bonds. The van der Waals surface area contributed by atoms with E-state index in [0.717, 1.165) is 11.0 Å². The number of hydrogen-bond donors (Lipinski definition) is 5. The Morgan fingerprint density at radius 1 is 1.17 bits per heavy atom. The van der Waals surface area contributed by atoms with Crippen LogP contribution in [0.2, 0.25) is 10.0 Å². The molecular weight excluding hydrogens is 609 g/mol. The van der Waals surface area contributed by atoms with Gasteiger partial charge in [0.05, 0.1) is 23.8 Å². The lowest BCUT2D eigenvalue weighted by Gasteiger charge is -2.29. The first-order valence-electron chi connectivity index (χ1n) is 11.8. The number of ether oxygens (including phenoxy) is 1. The molecule has 2 aromatic carbocycles. The topological polar surface area (TPSA) is 184 Å². The molecule has 0 aliphatic rings. The third-order valence-corrected chi connectivity index (χ3v) is 6.71. The predicted octanol–water partition coefficient (Wildman–Crippen LogP) is 4.41. The molecule has 1 aromatic heterocycles. The number of phosphoric acid groups is 1. The highest BCUT2D eigenvalue weighted by molar-refractivity contribution is 7.46. The van der Waals surface area contributed by atoms with E-state index in [1.165, 1.54) is 25.2 Å². The molecule has 0 saturated carbocycles. The molecule has 222 valence electrons. The fourth-order valence-electron chi connectivity index (χ4n) is 3.47. The van der Waals surface area contributed by atoms with Crippen LogP contribution < -0.4 is 10.6 Å². The molecule has 41 heavy (non-hydrogen) atoms. The molecule has 13 nitrogen and oxygen atoms in total. The average Bonchev–Trinajstić information content (AvgIpc) is 3.38. The summed E-state index contributed by atoms with van der Waals surface area (Å²) in [5.41, 5.74) is 0.922. The van der Waals surface area contributed by atoms with Crippen molar-refractivity contribution in [1.29, 1.82) is 0 Å². The molecule has 5 N–H and O–H groups in total. The maximum absolute atomic E-state index is 13.7. The molecule has 1 heterocycles. The Morgan fingerprint density at radius 3 is 2.61 bits per heavy atom. The number of hydrogen-bond acceptors (Lipinski definition) is 8. The van der Waals surface area contributed by atoms with Gasteiger partial charge in [0.1, 0.15) is 12.4 Å². The number of anilines is 1. The number of phosphoric ester groups is 1. The first-order chi connectivity index (χ1) is 19.3. The van der Waals surface area contributed by atoms with Gasteiger partial charge in [-0.15, -0.1) is 0 Å². The van der Waals surface area contributed by atoms with Gasteiger partial charge in [0.2, 0.25) is 0 Å². The molecule has 0 saturated heterocycles. The van der Waals surface area contributed by atoms with Crippen molar-refractivity contribution in [3.8, 4) is 11.3 Å². The summed E-state index contributed by atoms with van der Waals surface area (Å²) in [7, 11) is -3.53. The molecule has 3 rings (SSSR count). The number of rotatable bonds is 12. The van der Waals surface area contributed by atoms with Gasteiger partial charge in [-0.3, -0.25) is 9.84 Å². The molecule has 0 unspecified atom stereocenters. The van der Waals surface area contributed by atoms with Gasteiger partial charge in [0.15, 0.2) is 11.6 Å². The summed E-state index contributed by atoms with van der Waals surface area (Å²) in [6, 6.07) is 10.6. The number of aromatic nitrogens is 1. The maximum Gasteiger partial charge on any atom is 0.469 e. The standard InChI is InChI=1S/C24H26Cl2FN4O9P/c1-31(23(33)28-11-15-5-3-7-19(27)22(15)26)17(9-18(32)13-39-41(35,36)37)12-38-24(34)29-21-10-20(40-30-21)14-4-2-6-16(25)8-14/h2-8,10,17-18,32H,9,11-13H2,1H3,(H,28,33)(H,29,30,34)(H2,35,36,37)/t17-,18-/m0/s1. The largest absolute Gasteiger partial charge is 0.469 e. The molecule has 2 atom stereocenters. The average molecular weight is 635 g/mol. The van der Waals surface area contributed by atoms with Crippen molar-refractivity contribution in [2.24, 2.45) is 0 Å². The zero-order valence-electron chi connectivity index (χ0n) is 21.4. The highest BCUT2D eigenvalue weighted by atomic mass is 35.5. The summed E-state index contributed by atoms with van der Waals surface area (Å²) >= 11 is 11.9. The van der Waals surface area contributed by atoms with E-state index >= 15 is 0 Å². The number of aliphatic hydroxyl groups is 1. The first-order valence-corrected chi connectivity index (χ1v) is 14.1. The minimum atomic E-state index is -4.87. The van der Waals surface area contributed by atoms with E-state index in [-0.39, 0.29) is 23.8 Å². The van der Waals surface area contributed by atoms with Crippen LogP contribution in [-0.2, 0) is 20.4 Å². The van der Waals surface area contributed by atoms with Crippen molar-refractivity contribution in [2.45, 2.75) is 25.1 Å². The van der Waals surface area contributed by atoms with E-state index in [2.05, 4.69) is 20.3 Å². The Labute approximate surface area is 243 Å². The zero-order valence-corrected chi connectivity index (χ0v) is 23.8. The fraction of sp³-hybridized carbons (Fsp3) is 0.292. The van der Waals surface area contributed by atoms with E-state index in [1.807, 2.05) is 0 Å². The molecule has 17 heteroatoms. The molecular formula is C24H26Cl2FN4O9P. The molecule has 0 aliphatic heterocycles. The number of aliphatic hydroxyl groups excluding tert-OH is 1. The summed E-state index contributed by atoms with van der Waals surface area (Å²) in [5, 5.41) is 19.2. The second-order valence-electron chi connectivity index (χ2n) is 8.62. The number of nitrogens with zero attached hydrogens (tertiary/aromatic N) is 2. The monoisotopic (exact) mass is 634 g/mol. The van der Waals surface area contributed by atoms with Gasteiger partial charge in [0, 0.05) is 30.2 Å². The fourth-order valence-corrected chi connectivity index (χ4v) is 4.22. The number of urea groups is 1. The van der Waals surface area contributed by atoms with E-state index < -0.39 is 51.1 Å². The number of carbonyl (C=O) groups is 2. The van der Waals surface area contributed by atoms with Gasteiger partial charge in [0.25, 0.3) is 0 Å². The normalized spacial score (nSPS) is 12.9. The minimum Gasteiger partial charge on any atom is -0.447 e. The van der Waals surface area contributed by atoms with Crippen LogP contribution in [0.1, 0.15) is 12.0 Å². The second kappa shape index (κ2) is 14.6. The van der Waals surface area contributed by atoms with Crippen LogP contribution in [0.4, 0.5) is 19.8 Å². The Balaban J connectivity index is 1.63. The molecule has 0 aliphatic carbocycles. The highest BCUT2D eigenvalue weighted by Crippen LogP contribution is 2.36. The van der Waals surface area contributed by atoms with Gasteiger partial charge < -0.3 is 34.4 Å². The highest BCUT2D eigenvalue weighted by Gasteiger charge is 2.27. The number of amides is 3. The van der Waals surface area contributed by atoms with Gasteiger partial charge in [-0.1, -0.05) is 52.6 Å². The lowest BCUT2D eigenvalue weighted by molar-refractivity contribution is 0.0452. The van der Waals surface area contributed by atoms with Crippen LogP contribution in [0, 0.1) is 5.82 Å². The Morgan fingerprint density at radius 2 is 1.90 bits per heavy atom. The van der Waals surface area contributed by atoms with Crippen molar-refractivity contribution in [3.63, 3.8) is 0 Å². The van der Waals surface area contributed by atoms with Crippen molar-refractivity contribution in [2.75, 3.05) is 25.6 Å². The molecule has 0 spiro atoms.